The zero-order valence-corrected chi connectivity index (χ0v) is 10.1. The van der Waals surface area contributed by atoms with Crippen LogP contribution in [-0.4, -0.2) is 12.5 Å². The van der Waals surface area contributed by atoms with Gasteiger partial charge in [-0.05, 0) is 24.5 Å². The van der Waals surface area contributed by atoms with Crippen molar-refractivity contribution in [2.24, 2.45) is 5.73 Å². The van der Waals surface area contributed by atoms with Crippen molar-refractivity contribution in [3.8, 4) is 11.8 Å². The van der Waals surface area contributed by atoms with Gasteiger partial charge < -0.3 is 11.1 Å². The Bertz CT molecular complexity index is 412. The van der Waals surface area contributed by atoms with Crippen molar-refractivity contribution >= 4 is 5.91 Å². The molecule has 3 nitrogen and oxygen atoms in total. The third-order valence-electron chi connectivity index (χ3n) is 2.45. The molecule has 0 unspecified atom stereocenters. The van der Waals surface area contributed by atoms with Crippen LogP contribution in [0.15, 0.2) is 24.3 Å². The van der Waals surface area contributed by atoms with Gasteiger partial charge in [0.15, 0.2) is 0 Å². The highest BCUT2D eigenvalue weighted by Gasteiger charge is 2.00. The molecule has 0 aliphatic rings. The van der Waals surface area contributed by atoms with Crippen LogP contribution in [0.5, 0.6) is 0 Å². The molecule has 0 aromatic heterocycles. The standard InChI is InChI=1S/C14H18N2O/c1-2-3-10-16-14(17)9-8-12-4-6-13(11-15)7-5-12/h4-7H,8-11,15H2,1H3,(H,16,17). The summed E-state index contributed by atoms with van der Waals surface area (Å²) in [6.07, 6.45) is 1.24. The summed E-state index contributed by atoms with van der Waals surface area (Å²) >= 11 is 0. The Balaban J connectivity index is 2.33. The van der Waals surface area contributed by atoms with E-state index in [1.54, 1.807) is 6.92 Å². The maximum Gasteiger partial charge on any atom is 0.221 e. The molecule has 0 fully saturated rings. The molecule has 0 aliphatic carbocycles. The summed E-state index contributed by atoms with van der Waals surface area (Å²) in [7, 11) is 0. The van der Waals surface area contributed by atoms with Crippen LogP contribution in [-0.2, 0) is 17.8 Å². The van der Waals surface area contributed by atoms with Crippen molar-refractivity contribution in [2.45, 2.75) is 26.3 Å². The minimum absolute atomic E-state index is 0.0376. The first-order valence-corrected chi connectivity index (χ1v) is 5.70. The summed E-state index contributed by atoms with van der Waals surface area (Å²) < 4.78 is 0. The molecule has 0 radical (unpaired) electrons. The lowest BCUT2D eigenvalue weighted by molar-refractivity contribution is -0.120. The smallest absolute Gasteiger partial charge is 0.221 e. The highest BCUT2D eigenvalue weighted by molar-refractivity contribution is 5.76. The molecular weight excluding hydrogens is 212 g/mol. The second kappa shape index (κ2) is 7.48. The monoisotopic (exact) mass is 230 g/mol. The van der Waals surface area contributed by atoms with Crippen molar-refractivity contribution in [1.82, 2.24) is 5.32 Å². The topological polar surface area (TPSA) is 55.1 Å². The highest BCUT2D eigenvalue weighted by Crippen LogP contribution is 2.06. The molecule has 1 aromatic rings. The average molecular weight is 230 g/mol. The molecule has 17 heavy (non-hydrogen) atoms. The largest absolute Gasteiger partial charge is 0.345 e. The van der Waals surface area contributed by atoms with Crippen molar-refractivity contribution in [3.05, 3.63) is 35.4 Å². The fourth-order valence-corrected chi connectivity index (χ4v) is 1.42. The Hall–Kier alpha value is -1.79. The second-order valence-corrected chi connectivity index (χ2v) is 3.72. The first-order valence-electron chi connectivity index (χ1n) is 5.70. The second-order valence-electron chi connectivity index (χ2n) is 3.72. The van der Waals surface area contributed by atoms with Gasteiger partial charge in [0.25, 0.3) is 0 Å². The van der Waals surface area contributed by atoms with Gasteiger partial charge in [0.2, 0.25) is 5.91 Å². The van der Waals surface area contributed by atoms with Crippen LogP contribution in [0.3, 0.4) is 0 Å². The predicted molar refractivity (Wildman–Crippen MR) is 69.1 cm³/mol. The number of amides is 1. The summed E-state index contributed by atoms with van der Waals surface area (Å²) in [6, 6.07) is 8.02. The average Bonchev–Trinajstić information content (AvgIpc) is 2.37. The lowest BCUT2D eigenvalue weighted by Crippen LogP contribution is -2.23. The maximum absolute atomic E-state index is 11.4. The van der Waals surface area contributed by atoms with E-state index in [4.69, 9.17) is 5.73 Å². The van der Waals surface area contributed by atoms with E-state index in [2.05, 4.69) is 17.2 Å². The molecule has 0 saturated carbocycles. The minimum Gasteiger partial charge on any atom is -0.345 e. The van der Waals surface area contributed by atoms with Crippen LogP contribution in [0.2, 0.25) is 0 Å². The number of nitrogens with two attached hydrogens (primary N) is 1. The van der Waals surface area contributed by atoms with Crippen molar-refractivity contribution < 1.29 is 4.79 Å². The Morgan fingerprint density at radius 1 is 1.29 bits per heavy atom. The normalized spacial score (nSPS) is 9.29. The van der Waals surface area contributed by atoms with E-state index in [1.165, 1.54) is 0 Å². The van der Waals surface area contributed by atoms with Gasteiger partial charge >= 0.3 is 0 Å². The predicted octanol–water partition coefficient (Wildman–Crippen LogP) is 1.22. The van der Waals surface area contributed by atoms with E-state index >= 15 is 0 Å². The number of hydrogen-bond acceptors (Lipinski definition) is 2. The molecule has 0 bridgehead atoms. The minimum atomic E-state index is 0.0376. The van der Waals surface area contributed by atoms with Crippen LogP contribution in [0, 0.1) is 11.8 Å². The summed E-state index contributed by atoms with van der Waals surface area (Å²) in [6.45, 7) is 2.74. The number of hydrogen-bond donors (Lipinski definition) is 2. The molecular formula is C14H18N2O. The van der Waals surface area contributed by atoms with Gasteiger partial charge in [0.05, 0.1) is 6.54 Å². The molecule has 0 aliphatic heterocycles. The van der Waals surface area contributed by atoms with Crippen molar-refractivity contribution in [1.29, 1.82) is 0 Å². The molecule has 1 aromatic carbocycles. The molecule has 0 saturated heterocycles. The number of carbonyl (C=O) groups is 1. The van der Waals surface area contributed by atoms with E-state index in [0.717, 1.165) is 17.5 Å². The number of carbonyl (C=O) groups excluding carboxylic acids is 1. The molecule has 1 amide bonds. The van der Waals surface area contributed by atoms with E-state index in [9.17, 15) is 4.79 Å². The number of aryl methyl sites for hydroxylation is 1. The van der Waals surface area contributed by atoms with E-state index in [0.29, 0.717) is 19.5 Å². The Kier molecular flexibility index (Phi) is 5.84. The fourth-order valence-electron chi connectivity index (χ4n) is 1.42. The highest BCUT2D eigenvalue weighted by atomic mass is 16.1. The quantitative estimate of drug-likeness (QED) is 0.747. The van der Waals surface area contributed by atoms with Crippen LogP contribution < -0.4 is 11.1 Å². The van der Waals surface area contributed by atoms with E-state index in [-0.39, 0.29) is 5.91 Å². The van der Waals surface area contributed by atoms with Crippen molar-refractivity contribution in [2.75, 3.05) is 6.54 Å². The molecule has 0 atom stereocenters. The zero-order chi connectivity index (χ0) is 12.5. The summed E-state index contributed by atoms with van der Waals surface area (Å²) in [5, 5.41) is 2.74. The molecule has 1 rings (SSSR count). The van der Waals surface area contributed by atoms with Crippen LogP contribution in [0.1, 0.15) is 24.5 Å². The lowest BCUT2D eigenvalue weighted by atomic mass is 10.1. The van der Waals surface area contributed by atoms with Crippen molar-refractivity contribution in [3.63, 3.8) is 0 Å². The third kappa shape index (κ3) is 5.19. The molecule has 0 spiro atoms. The number of nitrogens with one attached hydrogen (secondary N) is 1. The SMILES string of the molecule is CC#CCNC(=O)CCc1ccc(CN)cc1. The first-order chi connectivity index (χ1) is 8.26. The zero-order valence-electron chi connectivity index (χ0n) is 10.1. The Labute approximate surface area is 102 Å². The summed E-state index contributed by atoms with van der Waals surface area (Å²) in [5.41, 5.74) is 7.77. The van der Waals surface area contributed by atoms with Gasteiger partial charge in [-0.3, -0.25) is 4.79 Å². The lowest BCUT2D eigenvalue weighted by Gasteiger charge is -2.03. The third-order valence-corrected chi connectivity index (χ3v) is 2.45. The van der Waals surface area contributed by atoms with Gasteiger partial charge in [-0.2, -0.15) is 0 Å². The summed E-state index contributed by atoms with van der Waals surface area (Å²) in [4.78, 5) is 11.4. The molecule has 3 heteroatoms. The molecule has 90 valence electrons. The van der Waals surface area contributed by atoms with Crippen LogP contribution in [0.4, 0.5) is 0 Å². The van der Waals surface area contributed by atoms with Gasteiger partial charge in [-0.1, -0.05) is 30.2 Å². The van der Waals surface area contributed by atoms with Crippen LogP contribution >= 0.6 is 0 Å². The van der Waals surface area contributed by atoms with Gasteiger partial charge in [0, 0.05) is 13.0 Å². The summed E-state index contributed by atoms with van der Waals surface area (Å²) in [5.74, 6) is 5.57. The Morgan fingerprint density at radius 3 is 2.53 bits per heavy atom. The van der Waals surface area contributed by atoms with Crippen LogP contribution in [0.25, 0.3) is 0 Å². The van der Waals surface area contributed by atoms with E-state index < -0.39 is 0 Å². The number of benzene rings is 1. The fraction of sp³-hybridized carbons (Fsp3) is 0.357. The Morgan fingerprint density at radius 2 is 1.94 bits per heavy atom. The van der Waals surface area contributed by atoms with E-state index in [1.807, 2.05) is 24.3 Å². The molecule has 3 N–H and O–H groups in total. The number of rotatable bonds is 5. The first kappa shape index (κ1) is 13.3. The molecule has 0 heterocycles. The van der Waals surface area contributed by atoms with Gasteiger partial charge in [-0.15, -0.1) is 5.92 Å². The van der Waals surface area contributed by atoms with Gasteiger partial charge in [0.1, 0.15) is 0 Å². The maximum atomic E-state index is 11.4. The van der Waals surface area contributed by atoms with Gasteiger partial charge in [-0.25, -0.2) is 0 Å².